The van der Waals surface area contributed by atoms with E-state index >= 15 is 8.78 Å². The van der Waals surface area contributed by atoms with Crippen LogP contribution in [0.3, 0.4) is 0 Å². The van der Waals surface area contributed by atoms with Gasteiger partial charge in [0.15, 0.2) is 11.4 Å². The Bertz CT molecular complexity index is 2620. The van der Waals surface area contributed by atoms with E-state index in [-0.39, 0.29) is 56.2 Å². The van der Waals surface area contributed by atoms with Gasteiger partial charge in [0.05, 0.1) is 33.9 Å². The number of nitrogens with zero attached hydrogens (tertiary/aromatic N) is 5. The van der Waals surface area contributed by atoms with E-state index in [1.54, 1.807) is 0 Å². The summed E-state index contributed by atoms with van der Waals surface area (Å²) in [6.07, 6.45) is -2.69. The number of rotatable bonds is 11. The number of halogens is 8. The molecule has 0 saturated heterocycles. The number of aliphatic hydroxyl groups is 1. The third-order valence-corrected chi connectivity index (χ3v) is 10.5. The van der Waals surface area contributed by atoms with Gasteiger partial charge in [-0.3, -0.25) is 18.9 Å². The minimum Gasteiger partial charge on any atom is -0.375 e. The number of carbonyl (C=O) groups excluding carboxylic acids is 1. The molecule has 0 spiro atoms. The number of aromatic nitrogens is 5. The van der Waals surface area contributed by atoms with Gasteiger partial charge >= 0.3 is 0 Å². The van der Waals surface area contributed by atoms with Crippen LogP contribution in [0.4, 0.5) is 36.6 Å². The Morgan fingerprint density at radius 2 is 1.79 bits per heavy atom. The van der Waals surface area contributed by atoms with Gasteiger partial charge in [-0.05, 0) is 67.5 Å². The molecule has 20 heteroatoms. The van der Waals surface area contributed by atoms with E-state index in [4.69, 9.17) is 11.6 Å². The number of carbonyl (C=O) groups is 1. The normalized spacial score (nSPS) is 18.4. The van der Waals surface area contributed by atoms with Crippen molar-refractivity contribution >= 4 is 44.3 Å². The average Bonchev–Trinajstić information content (AvgIpc) is 3.65. The summed E-state index contributed by atoms with van der Waals surface area (Å²) in [5.41, 5.74) is -3.40. The highest BCUT2D eigenvalue weighted by Gasteiger charge is 2.67. The Balaban J connectivity index is 1.39. The summed E-state index contributed by atoms with van der Waals surface area (Å²) < 4.78 is 130. The second-order valence-electron chi connectivity index (χ2n) is 14.2. The molecule has 1 fully saturated rings. The van der Waals surface area contributed by atoms with Crippen molar-refractivity contribution in [2.75, 3.05) is 17.7 Å². The summed E-state index contributed by atoms with van der Waals surface area (Å²) in [6.45, 7) is -1.09. The second-order valence-corrected chi connectivity index (χ2v) is 16.4. The summed E-state index contributed by atoms with van der Waals surface area (Å²) in [5, 5.41) is 21.1. The number of nitrogens with one attached hydrogen (secondary N) is 2. The van der Waals surface area contributed by atoms with Gasteiger partial charge in [0.2, 0.25) is 15.9 Å². The number of pyridine rings is 1. The van der Waals surface area contributed by atoms with Crippen LogP contribution >= 0.6 is 11.6 Å². The number of alkyl halides is 5. The summed E-state index contributed by atoms with van der Waals surface area (Å²) in [5.74, 6) is -3.72. The van der Waals surface area contributed by atoms with E-state index in [9.17, 15) is 40.3 Å². The highest BCUT2D eigenvalue weighted by molar-refractivity contribution is 7.92. The predicted molar refractivity (Wildman–Crippen MR) is 194 cm³/mol. The molecule has 0 aliphatic heterocycles. The van der Waals surface area contributed by atoms with Crippen molar-refractivity contribution in [1.29, 1.82) is 0 Å². The van der Waals surface area contributed by atoms with E-state index in [1.807, 2.05) is 0 Å². The van der Waals surface area contributed by atoms with Crippen molar-refractivity contribution in [3.8, 4) is 23.0 Å². The zero-order chi connectivity index (χ0) is 41.4. The molecule has 3 heterocycles. The van der Waals surface area contributed by atoms with Gasteiger partial charge < -0.3 is 10.4 Å². The molecule has 11 nitrogen and oxygen atoms in total. The van der Waals surface area contributed by atoms with Crippen molar-refractivity contribution < 1.29 is 49.1 Å². The number of benzene rings is 2. The van der Waals surface area contributed by atoms with Crippen LogP contribution in [-0.4, -0.2) is 62.5 Å². The molecule has 1 saturated carbocycles. The van der Waals surface area contributed by atoms with Crippen molar-refractivity contribution in [3.63, 3.8) is 0 Å². The van der Waals surface area contributed by atoms with Crippen LogP contribution in [0, 0.1) is 29.4 Å². The van der Waals surface area contributed by atoms with E-state index in [0.717, 1.165) is 25.3 Å². The standard InChI is InChI=1S/C37H31ClF7N7O4S/c1-36(54,16-39)9-8-20-4-5-21(22-6-7-25(38)29-32(22)51(2)49-35(29)50-57(3,55)56)30(46-20)26(12-17-10-18(40)13-19(41)11-17)47-27(53)15-52-33-28(31(48-52)34(42)43)23-14-24(23)37(33,44)45/h4-7,10-11,13,23-24,26,34,54H,12,14-16H2,1-3H3,(H,47,53)(H,49,50)/t23-,24+,26-,36?/m0/s1. The zero-order valence-corrected chi connectivity index (χ0v) is 31.6. The van der Waals surface area contributed by atoms with Crippen LogP contribution in [0.15, 0.2) is 42.5 Å². The minimum atomic E-state index is -3.86. The Kier molecular flexibility index (Phi) is 10.1. The van der Waals surface area contributed by atoms with Crippen molar-refractivity contribution in [3.05, 3.63) is 93.0 Å². The maximum absolute atomic E-state index is 15.4. The Labute approximate surface area is 325 Å². The van der Waals surface area contributed by atoms with Crippen LogP contribution in [0.1, 0.15) is 65.6 Å². The molecule has 2 aliphatic rings. The lowest BCUT2D eigenvalue weighted by Crippen LogP contribution is -2.35. The number of sulfonamides is 1. The molecule has 4 atom stereocenters. The van der Waals surface area contributed by atoms with Gasteiger partial charge in [-0.15, -0.1) is 0 Å². The molecule has 57 heavy (non-hydrogen) atoms. The molecule has 300 valence electrons. The summed E-state index contributed by atoms with van der Waals surface area (Å²) in [4.78, 5) is 18.5. The van der Waals surface area contributed by atoms with E-state index < -0.39 is 94.4 Å². The van der Waals surface area contributed by atoms with Gasteiger partial charge in [-0.25, -0.2) is 35.4 Å². The third kappa shape index (κ3) is 7.77. The predicted octanol–water partition coefficient (Wildman–Crippen LogP) is 6.45. The van der Waals surface area contributed by atoms with Gasteiger partial charge in [-0.1, -0.05) is 23.6 Å². The Morgan fingerprint density at radius 1 is 1.11 bits per heavy atom. The van der Waals surface area contributed by atoms with Crippen molar-refractivity contribution in [2.45, 2.75) is 56.2 Å². The molecule has 5 aromatic rings. The second kappa shape index (κ2) is 14.3. The van der Waals surface area contributed by atoms with Gasteiger partial charge in [0.25, 0.3) is 12.3 Å². The lowest BCUT2D eigenvalue weighted by atomic mass is 9.93. The molecule has 2 aliphatic carbocycles. The summed E-state index contributed by atoms with van der Waals surface area (Å²) in [7, 11) is -2.36. The summed E-state index contributed by atoms with van der Waals surface area (Å²) >= 11 is 6.55. The fourth-order valence-corrected chi connectivity index (χ4v) is 7.98. The monoisotopic (exact) mass is 837 g/mol. The first-order chi connectivity index (χ1) is 26.7. The molecular weight excluding hydrogens is 807 g/mol. The minimum absolute atomic E-state index is 0.00123. The Morgan fingerprint density at radius 3 is 2.44 bits per heavy atom. The largest absolute Gasteiger partial charge is 0.375 e. The quantitative estimate of drug-likeness (QED) is 0.103. The first-order valence-corrected chi connectivity index (χ1v) is 19.4. The molecule has 2 aromatic carbocycles. The fourth-order valence-electron chi connectivity index (χ4n) is 7.25. The fraction of sp³-hybridized carbons (Fsp3) is 0.351. The first kappa shape index (κ1) is 40.0. The van der Waals surface area contributed by atoms with E-state index in [2.05, 4.69) is 37.1 Å². The first-order valence-electron chi connectivity index (χ1n) is 17.1. The van der Waals surface area contributed by atoms with Crippen molar-refractivity contribution in [2.24, 2.45) is 13.0 Å². The van der Waals surface area contributed by atoms with Gasteiger partial charge in [-0.2, -0.15) is 19.0 Å². The molecule has 3 N–H and O–H groups in total. The highest BCUT2D eigenvalue weighted by atomic mass is 35.5. The molecule has 7 rings (SSSR count). The van der Waals surface area contributed by atoms with Crippen LogP contribution in [0.2, 0.25) is 5.02 Å². The van der Waals surface area contributed by atoms with Crippen LogP contribution in [0.5, 0.6) is 0 Å². The molecule has 0 bridgehead atoms. The van der Waals surface area contributed by atoms with Crippen molar-refractivity contribution in [1.82, 2.24) is 29.9 Å². The number of hydrogen-bond acceptors (Lipinski definition) is 7. The lowest BCUT2D eigenvalue weighted by molar-refractivity contribution is -0.123. The lowest BCUT2D eigenvalue weighted by Gasteiger charge is -2.23. The smallest absolute Gasteiger partial charge is 0.293 e. The topological polar surface area (TPSA) is 144 Å². The summed E-state index contributed by atoms with van der Waals surface area (Å²) in [6, 6.07) is 7.02. The maximum atomic E-state index is 15.4. The zero-order valence-electron chi connectivity index (χ0n) is 30.0. The van der Waals surface area contributed by atoms with Crippen LogP contribution in [0.25, 0.3) is 22.0 Å². The third-order valence-electron chi connectivity index (χ3n) is 9.64. The maximum Gasteiger partial charge on any atom is 0.293 e. The SMILES string of the molecule is Cn1nc(NS(C)(=O)=O)c2c(Cl)ccc(-c3ccc(C#CC(C)(O)CF)nc3[C@H](Cc3cc(F)cc(F)c3)NC(=O)Cn3nc(C(F)F)c4c3C(F)(F)[C@@H]3C[C@H]43)c21. The number of hydrogen-bond donors (Lipinski definition) is 3. The van der Waals surface area contributed by atoms with Gasteiger partial charge in [0, 0.05) is 35.7 Å². The molecule has 1 amide bonds. The van der Waals surface area contributed by atoms with Crippen LogP contribution in [-0.2, 0) is 40.8 Å². The van der Waals surface area contributed by atoms with E-state index in [1.165, 1.54) is 36.0 Å². The molecule has 3 aromatic heterocycles. The number of anilines is 1. The highest BCUT2D eigenvalue weighted by Crippen LogP contribution is 2.68. The van der Waals surface area contributed by atoms with Crippen LogP contribution < -0.4 is 10.0 Å². The molecular formula is C37H31ClF7N7O4S. The van der Waals surface area contributed by atoms with Gasteiger partial charge in [0.1, 0.15) is 41.9 Å². The number of fused-ring (bicyclic) bond motifs is 4. The van der Waals surface area contributed by atoms with E-state index in [0.29, 0.717) is 16.3 Å². The molecule has 0 radical (unpaired) electrons. The number of aryl methyl sites for hydroxylation is 1. The Hall–Kier alpha value is -5.19. The molecule has 1 unspecified atom stereocenters. The average molecular weight is 838 g/mol. The number of amides is 1.